The van der Waals surface area contributed by atoms with Crippen LogP contribution in [0.25, 0.3) is 5.57 Å². The number of benzene rings is 1. The highest BCUT2D eigenvalue weighted by Crippen LogP contribution is 2.29. The van der Waals surface area contributed by atoms with Gasteiger partial charge < -0.3 is 4.74 Å². The van der Waals surface area contributed by atoms with Gasteiger partial charge in [-0.3, -0.25) is 4.79 Å². The van der Waals surface area contributed by atoms with Gasteiger partial charge in [0.2, 0.25) is 0 Å². The summed E-state index contributed by atoms with van der Waals surface area (Å²) in [5.41, 5.74) is 2.32. The molecule has 0 saturated carbocycles. The molecule has 0 amide bonds. The Kier molecular flexibility index (Phi) is 3.43. The van der Waals surface area contributed by atoms with Gasteiger partial charge in [-0.15, -0.1) is 0 Å². The van der Waals surface area contributed by atoms with Crippen LogP contribution in [0.1, 0.15) is 25.3 Å². The first-order valence-corrected chi connectivity index (χ1v) is 6.14. The molecule has 1 saturated heterocycles. The molecule has 1 aliphatic heterocycles. The van der Waals surface area contributed by atoms with Crippen LogP contribution < -0.4 is 0 Å². The van der Waals surface area contributed by atoms with Crippen LogP contribution in [0.2, 0.25) is 0 Å². The molecular weight excluding hydrogens is 284 g/mol. The van der Waals surface area contributed by atoms with Gasteiger partial charge in [0.15, 0.2) is 0 Å². The molecule has 4 heteroatoms. The number of rotatable bonds is 2. The second-order valence-corrected chi connectivity index (χ2v) is 4.67. The average molecular weight is 295 g/mol. The molecule has 0 atom stereocenters. The van der Waals surface area contributed by atoms with Gasteiger partial charge in [0.1, 0.15) is 0 Å². The van der Waals surface area contributed by atoms with Crippen LogP contribution in [0.4, 0.5) is 0 Å². The number of halogens is 1. The highest BCUT2D eigenvalue weighted by Gasteiger charge is 2.29. The van der Waals surface area contributed by atoms with Gasteiger partial charge in [-0.1, -0.05) is 35.0 Å². The fourth-order valence-corrected chi connectivity index (χ4v) is 2.15. The molecular formula is C13H11BrO3. The summed E-state index contributed by atoms with van der Waals surface area (Å²) in [4.78, 5) is 22.6. The molecule has 1 aliphatic rings. The van der Waals surface area contributed by atoms with Crippen molar-refractivity contribution >= 4 is 33.4 Å². The first-order valence-electron chi connectivity index (χ1n) is 5.34. The van der Waals surface area contributed by atoms with Gasteiger partial charge in [-0.25, -0.2) is 4.79 Å². The highest BCUT2D eigenvalue weighted by molar-refractivity contribution is 9.10. The number of allylic oxidation sites excluding steroid dienone is 1. The van der Waals surface area contributed by atoms with E-state index in [4.69, 9.17) is 0 Å². The van der Waals surface area contributed by atoms with Gasteiger partial charge in [-0.05, 0) is 29.7 Å². The number of hydrogen-bond donors (Lipinski definition) is 0. The Morgan fingerprint density at radius 3 is 2.41 bits per heavy atom. The van der Waals surface area contributed by atoms with Crippen molar-refractivity contribution in [2.75, 3.05) is 0 Å². The van der Waals surface area contributed by atoms with Gasteiger partial charge in [-0.2, -0.15) is 0 Å². The number of carbonyl (C=O) groups is 2. The van der Waals surface area contributed by atoms with Crippen molar-refractivity contribution in [3.8, 4) is 0 Å². The fourth-order valence-electron chi connectivity index (χ4n) is 1.89. The lowest BCUT2D eigenvalue weighted by molar-refractivity contribution is -0.151. The van der Waals surface area contributed by atoms with E-state index in [0.717, 1.165) is 15.6 Å². The SMILES string of the molecule is CC/C(=C1/CC(=O)OC1=O)c1ccc(Br)cc1. The molecule has 0 N–H and O–H groups in total. The predicted octanol–water partition coefficient (Wildman–Crippen LogP) is 3.09. The molecule has 88 valence electrons. The van der Waals surface area contributed by atoms with Gasteiger partial charge in [0.25, 0.3) is 0 Å². The van der Waals surface area contributed by atoms with E-state index in [-0.39, 0.29) is 6.42 Å². The van der Waals surface area contributed by atoms with E-state index >= 15 is 0 Å². The Hall–Kier alpha value is -1.42. The lowest BCUT2D eigenvalue weighted by Gasteiger charge is -2.07. The van der Waals surface area contributed by atoms with Gasteiger partial charge in [0, 0.05) is 4.47 Å². The molecule has 1 aromatic rings. The van der Waals surface area contributed by atoms with Crippen molar-refractivity contribution < 1.29 is 14.3 Å². The maximum absolute atomic E-state index is 11.5. The molecule has 0 aromatic heterocycles. The van der Waals surface area contributed by atoms with Crippen molar-refractivity contribution in [1.29, 1.82) is 0 Å². The molecule has 3 nitrogen and oxygen atoms in total. The maximum atomic E-state index is 11.5. The van der Waals surface area contributed by atoms with E-state index < -0.39 is 11.9 Å². The van der Waals surface area contributed by atoms with Crippen molar-refractivity contribution in [3.05, 3.63) is 39.9 Å². The summed E-state index contributed by atoms with van der Waals surface area (Å²) >= 11 is 3.36. The molecule has 1 heterocycles. The quantitative estimate of drug-likeness (QED) is 0.478. The van der Waals surface area contributed by atoms with Crippen molar-refractivity contribution in [1.82, 2.24) is 0 Å². The first-order chi connectivity index (χ1) is 8.11. The average Bonchev–Trinajstić information content (AvgIpc) is 2.62. The minimum atomic E-state index is -0.505. The van der Waals surface area contributed by atoms with Gasteiger partial charge >= 0.3 is 11.9 Å². The van der Waals surface area contributed by atoms with E-state index in [2.05, 4.69) is 20.7 Å². The Morgan fingerprint density at radius 1 is 1.29 bits per heavy atom. The maximum Gasteiger partial charge on any atom is 0.342 e. The van der Waals surface area contributed by atoms with E-state index in [1.165, 1.54) is 0 Å². The number of hydrogen-bond acceptors (Lipinski definition) is 3. The molecule has 0 spiro atoms. The van der Waals surface area contributed by atoms with Crippen LogP contribution >= 0.6 is 15.9 Å². The standard InChI is InChI=1S/C13H11BrO3/c1-2-10(8-3-5-9(14)6-4-8)11-7-12(15)17-13(11)16/h3-6H,2,7H2,1H3/b11-10+. The Bertz CT molecular complexity index is 500. The van der Waals surface area contributed by atoms with E-state index in [1.807, 2.05) is 31.2 Å². The van der Waals surface area contributed by atoms with Crippen LogP contribution in [0.3, 0.4) is 0 Å². The van der Waals surface area contributed by atoms with Gasteiger partial charge in [0.05, 0.1) is 12.0 Å². The second-order valence-electron chi connectivity index (χ2n) is 3.76. The van der Waals surface area contributed by atoms with Crippen LogP contribution in [0.15, 0.2) is 34.3 Å². The lowest BCUT2D eigenvalue weighted by atomic mass is 9.97. The molecule has 0 radical (unpaired) electrons. The Balaban J connectivity index is 2.46. The molecule has 1 fully saturated rings. The van der Waals surface area contributed by atoms with Crippen LogP contribution in [0.5, 0.6) is 0 Å². The molecule has 2 rings (SSSR count). The highest BCUT2D eigenvalue weighted by atomic mass is 79.9. The second kappa shape index (κ2) is 4.84. The largest absolute Gasteiger partial charge is 0.389 e. The summed E-state index contributed by atoms with van der Waals surface area (Å²) in [7, 11) is 0. The third-order valence-electron chi connectivity index (χ3n) is 2.68. The zero-order valence-corrected chi connectivity index (χ0v) is 10.9. The summed E-state index contributed by atoms with van der Waals surface area (Å²) in [6.45, 7) is 1.96. The minimum Gasteiger partial charge on any atom is -0.389 e. The minimum absolute atomic E-state index is 0.0814. The molecule has 0 aliphatic carbocycles. The summed E-state index contributed by atoms with van der Waals surface area (Å²) in [6.07, 6.45) is 0.775. The normalized spacial score (nSPS) is 18.2. The number of esters is 2. The topological polar surface area (TPSA) is 43.4 Å². The van der Waals surface area contributed by atoms with E-state index in [9.17, 15) is 9.59 Å². The van der Waals surface area contributed by atoms with Crippen LogP contribution in [0, 0.1) is 0 Å². The third kappa shape index (κ3) is 2.47. The van der Waals surface area contributed by atoms with Crippen LogP contribution in [-0.2, 0) is 14.3 Å². The molecule has 0 unspecified atom stereocenters. The lowest BCUT2D eigenvalue weighted by Crippen LogP contribution is -1.99. The molecule has 1 aromatic carbocycles. The summed E-state index contributed by atoms with van der Waals surface area (Å²) in [6, 6.07) is 7.67. The third-order valence-corrected chi connectivity index (χ3v) is 3.21. The van der Waals surface area contributed by atoms with E-state index in [1.54, 1.807) is 0 Å². The number of ether oxygens (including phenoxy) is 1. The van der Waals surface area contributed by atoms with Crippen molar-refractivity contribution in [2.45, 2.75) is 19.8 Å². The van der Waals surface area contributed by atoms with Crippen molar-refractivity contribution in [3.63, 3.8) is 0 Å². The Morgan fingerprint density at radius 2 is 1.94 bits per heavy atom. The first kappa shape index (κ1) is 12.0. The monoisotopic (exact) mass is 294 g/mol. The number of carbonyl (C=O) groups excluding carboxylic acids is 2. The summed E-state index contributed by atoms with van der Waals surface area (Å²) < 4.78 is 5.54. The summed E-state index contributed by atoms with van der Waals surface area (Å²) in [5.74, 6) is -0.970. The predicted molar refractivity (Wildman–Crippen MR) is 67.1 cm³/mol. The zero-order valence-electron chi connectivity index (χ0n) is 9.33. The van der Waals surface area contributed by atoms with Crippen molar-refractivity contribution in [2.24, 2.45) is 0 Å². The summed E-state index contributed by atoms with van der Waals surface area (Å²) in [5, 5.41) is 0. The fraction of sp³-hybridized carbons (Fsp3) is 0.231. The molecule has 17 heavy (non-hydrogen) atoms. The number of cyclic esters (lactones) is 2. The smallest absolute Gasteiger partial charge is 0.342 e. The zero-order chi connectivity index (χ0) is 12.4. The Labute approximate surface area is 108 Å². The van der Waals surface area contributed by atoms with Crippen LogP contribution in [-0.4, -0.2) is 11.9 Å². The van der Waals surface area contributed by atoms with E-state index in [0.29, 0.717) is 12.0 Å². The molecule has 0 bridgehead atoms.